The van der Waals surface area contributed by atoms with E-state index in [9.17, 15) is 4.79 Å². The summed E-state index contributed by atoms with van der Waals surface area (Å²) in [5.74, 6) is -0.730. The van der Waals surface area contributed by atoms with Gasteiger partial charge < -0.3 is 10.8 Å². The maximum Gasteiger partial charge on any atom is 0.356 e. The van der Waals surface area contributed by atoms with Gasteiger partial charge in [-0.3, -0.25) is 0 Å². The van der Waals surface area contributed by atoms with E-state index in [-0.39, 0.29) is 16.5 Å². The Morgan fingerprint density at radius 3 is 2.79 bits per heavy atom. The van der Waals surface area contributed by atoms with Gasteiger partial charge in [-0.15, -0.1) is 0 Å². The molecule has 0 radical (unpaired) electrons. The van der Waals surface area contributed by atoms with E-state index in [4.69, 9.17) is 22.4 Å². The molecular formula is C9H9ClN2O2. The molecule has 0 spiro atoms. The summed E-state index contributed by atoms with van der Waals surface area (Å²) >= 11 is 5.85. The Labute approximate surface area is 85.7 Å². The number of carboxylic acid groups (broad SMARTS) is 1. The van der Waals surface area contributed by atoms with Gasteiger partial charge in [0.25, 0.3) is 0 Å². The fraction of sp³-hybridized carbons (Fsp3) is 0.333. The lowest BCUT2D eigenvalue weighted by molar-refractivity contribution is 0.0692. The van der Waals surface area contributed by atoms with E-state index in [1.807, 2.05) is 0 Å². The Kier molecular flexibility index (Phi) is 2.07. The number of nitrogen functional groups attached to an aromatic ring is 1. The molecule has 14 heavy (non-hydrogen) atoms. The largest absolute Gasteiger partial charge is 0.476 e. The van der Waals surface area contributed by atoms with Crippen molar-refractivity contribution in [3.8, 4) is 0 Å². The topological polar surface area (TPSA) is 76.2 Å². The number of aromatic nitrogens is 1. The number of halogens is 1. The second-order valence-electron chi connectivity index (χ2n) is 3.39. The van der Waals surface area contributed by atoms with Gasteiger partial charge in [0.15, 0.2) is 5.69 Å². The molecule has 2 rings (SSSR count). The highest BCUT2D eigenvalue weighted by molar-refractivity contribution is 6.30. The van der Waals surface area contributed by atoms with Gasteiger partial charge in [-0.05, 0) is 30.4 Å². The van der Waals surface area contributed by atoms with Crippen molar-refractivity contribution in [3.63, 3.8) is 0 Å². The Morgan fingerprint density at radius 1 is 1.64 bits per heavy atom. The molecule has 0 atom stereocenters. The Morgan fingerprint density at radius 2 is 2.29 bits per heavy atom. The molecule has 0 aromatic carbocycles. The zero-order valence-electron chi connectivity index (χ0n) is 7.33. The number of nitrogens with two attached hydrogens (primary N) is 1. The third kappa shape index (κ3) is 1.53. The average molecular weight is 213 g/mol. The van der Waals surface area contributed by atoms with Crippen molar-refractivity contribution in [3.05, 3.63) is 22.5 Å². The number of nitrogens with zero attached hydrogens (tertiary/aromatic N) is 1. The highest BCUT2D eigenvalue weighted by Crippen LogP contribution is 2.43. The van der Waals surface area contributed by atoms with Crippen molar-refractivity contribution in [2.75, 3.05) is 5.73 Å². The SMILES string of the molecule is Nc1cc(C2CC2)c(Cl)nc1C(=O)O. The quantitative estimate of drug-likeness (QED) is 0.734. The highest BCUT2D eigenvalue weighted by atomic mass is 35.5. The molecule has 1 aromatic heterocycles. The van der Waals surface area contributed by atoms with Gasteiger partial charge in [-0.2, -0.15) is 0 Å². The summed E-state index contributed by atoms with van der Waals surface area (Å²) in [5, 5.41) is 9.00. The monoisotopic (exact) mass is 212 g/mol. The fourth-order valence-electron chi connectivity index (χ4n) is 1.37. The normalized spacial score (nSPS) is 15.5. The predicted octanol–water partition coefficient (Wildman–Crippen LogP) is 1.89. The molecule has 0 saturated heterocycles. The molecule has 1 aliphatic carbocycles. The van der Waals surface area contributed by atoms with Gasteiger partial charge in [0, 0.05) is 0 Å². The van der Waals surface area contributed by atoms with Crippen LogP contribution in [-0.2, 0) is 0 Å². The van der Waals surface area contributed by atoms with Gasteiger partial charge in [0.2, 0.25) is 0 Å². The molecule has 0 aliphatic heterocycles. The smallest absolute Gasteiger partial charge is 0.356 e. The van der Waals surface area contributed by atoms with Crippen molar-refractivity contribution in [1.29, 1.82) is 0 Å². The fourth-order valence-corrected chi connectivity index (χ4v) is 1.67. The first-order valence-electron chi connectivity index (χ1n) is 4.29. The first-order chi connectivity index (χ1) is 6.59. The van der Waals surface area contributed by atoms with Gasteiger partial charge in [0.1, 0.15) is 5.15 Å². The number of carboxylic acids is 1. The minimum Gasteiger partial charge on any atom is -0.476 e. The number of aromatic carboxylic acids is 1. The lowest BCUT2D eigenvalue weighted by Crippen LogP contribution is -2.07. The van der Waals surface area contributed by atoms with Crippen LogP contribution in [0.4, 0.5) is 5.69 Å². The molecule has 4 nitrogen and oxygen atoms in total. The zero-order chi connectivity index (χ0) is 10.3. The van der Waals surface area contributed by atoms with E-state index >= 15 is 0 Å². The lowest BCUT2D eigenvalue weighted by Gasteiger charge is -2.05. The number of carbonyl (C=O) groups is 1. The molecule has 0 bridgehead atoms. The van der Waals surface area contributed by atoms with Crippen LogP contribution in [0.1, 0.15) is 34.8 Å². The molecule has 74 valence electrons. The minimum atomic E-state index is -1.15. The number of hydrogen-bond acceptors (Lipinski definition) is 3. The number of anilines is 1. The van der Waals surface area contributed by atoms with Crippen LogP contribution in [0.2, 0.25) is 5.15 Å². The highest BCUT2D eigenvalue weighted by Gasteiger charge is 2.28. The van der Waals surface area contributed by atoms with E-state index in [1.54, 1.807) is 6.07 Å². The van der Waals surface area contributed by atoms with Crippen LogP contribution in [-0.4, -0.2) is 16.1 Å². The second kappa shape index (κ2) is 3.13. The van der Waals surface area contributed by atoms with E-state index in [0.717, 1.165) is 18.4 Å². The first-order valence-corrected chi connectivity index (χ1v) is 4.66. The summed E-state index contributed by atoms with van der Waals surface area (Å²) in [4.78, 5) is 14.4. The van der Waals surface area contributed by atoms with E-state index in [1.165, 1.54) is 0 Å². The predicted molar refractivity (Wildman–Crippen MR) is 52.6 cm³/mol. The number of hydrogen-bond donors (Lipinski definition) is 2. The van der Waals surface area contributed by atoms with Crippen molar-refractivity contribution in [2.24, 2.45) is 0 Å². The summed E-state index contributed by atoms with van der Waals surface area (Å²) in [6.45, 7) is 0. The summed E-state index contributed by atoms with van der Waals surface area (Å²) in [5.41, 5.74) is 6.44. The van der Waals surface area contributed by atoms with Crippen LogP contribution in [0, 0.1) is 0 Å². The third-order valence-corrected chi connectivity index (χ3v) is 2.56. The molecule has 1 aliphatic rings. The maximum absolute atomic E-state index is 10.7. The molecule has 1 heterocycles. The van der Waals surface area contributed by atoms with Crippen LogP contribution in [0.25, 0.3) is 0 Å². The van der Waals surface area contributed by atoms with Crippen molar-refractivity contribution < 1.29 is 9.90 Å². The maximum atomic E-state index is 10.7. The zero-order valence-corrected chi connectivity index (χ0v) is 8.08. The summed E-state index contributed by atoms with van der Waals surface area (Å²) < 4.78 is 0. The molecule has 3 N–H and O–H groups in total. The van der Waals surface area contributed by atoms with Crippen LogP contribution >= 0.6 is 11.6 Å². The molecule has 1 fully saturated rings. The lowest BCUT2D eigenvalue weighted by atomic mass is 10.1. The third-order valence-electron chi connectivity index (χ3n) is 2.25. The molecule has 0 amide bonds. The van der Waals surface area contributed by atoms with Gasteiger partial charge in [0.05, 0.1) is 5.69 Å². The van der Waals surface area contributed by atoms with Crippen molar-refractivity contribution in [1.82, 2.24) is 4.98 Å². The van der Waals surface area contributed by atoms with E-state index in [2.05, 4.69) is 4.98 Å². The first kappa shape index (κ1) is 9.27. The van der Waals surface area contributed by atoms with Crippen molar-refractivity contribution >= 4 is 23.3 Å². The van der Waals surface area contributed by atoms with E-state index in [0.29, 0.717) is 5.92 Å². The molecular weight excluding hydrogens is 204 g/mol. The van der Waals surface area contributed by atoms with Crippen LogP contribution in [0.3, 0.4) is 0 Å². The molecule has 0 unspecified atom stereocenters. The standard InChI is InChI=1S/C9H9ClN2O2/c10-8-5(4-1-2-4)3-6(11)7(12-8)9(13)14/h3-4H,1-2,11H2,(H,13,14). The molecule has 1 aromatic rings. The second-order valence-corrected chi connectivity index (χ2v) is 3.74. The van der Waals surface area contributed by atoms with Crippen LogP contribution in [0.15, 0.2) is 6.07 Å². The number of rotatable bonds is 2. The summed E-state index contributed by atoms with van der Waals surface area (Å²) in [6.07, 6.45) is 2.15. The van der Waals surface area contributed by atoms with Crippen LogP contribution < -0.4 is 5.73 Å². The van der Waals surface area contributed by atoms with Gasteiger partial charge in [-0.25, -0.2) is 9.78 Å². The average Bonchev–Trinajstić information content (AvgIpc) is 2.91. The van der Waals surface area contributed by atoms with Crippen molar-refractivity contribution in [2.45, 2.75) is 18.8 Å². The number of pyridine rings is 1. The van der Waals surface area contributed by atoms with Gasteiger partial charge in [-0.1, -0.05) is 11.6 Å². The Balaban J connectivity index is 2.48. The van der Waals surface area contributed by atoms with Gasteiger partial charge >= 0.3 is 5.97 Å². The summed E-state index contributed by atoms with van der Waals surface area (Å²) in [7, 11) is 0. The molecule has 1 saturated carbocycles. The van der Waals surface area contributed by atoms with E-state index < -0.39 is 5.97 Å². The molecule has 5 heteroatoms. The minimum absolute atomic E-state index is 0.167. The Hall–Kier alpha value is -1.29. The summed E-state index contributed by atoms with van der Waals surface area (Å²) in [6, 6.07) is 1.62. The van der Waals surface area contributed by atoms with Crippen LogP contribution in [0.5, 0.6) is 0 Å². The Bertz CT molecular complexity index is 402.